The van der Waals surface area contributed by atoms with E-state index in [1.165, 1.54) is 6.21 Å². The van der Waals surface area contributed by atoms with Crippen molar-refractivity contribution in [1.29, 1.82) is 0 Å². The van der Waals surface area contributed by atoms with Crippen molar-refractivity contribution < 1.29 is 19.2 Å². The van der Waals surface area contributed by atoms with Crippen LogP contribution in [0.2, 0.25) is 0 Å². The lowest BCUT2D eigenvalue weighted by Gasteiger charge is -2.22. The minimum Gasteiger partial charge on any atom is -0.391 e. The van der Waals surface area contributed by atoms with Crippen LogP contribution in [0.4, 0.5) is 0 Å². The molecule has 6 heteroatoms. The molecule has 0 bridgehead atoms. The molecule has 0 saturated carbocycles. The molecule has 0 aromatic heterocycles. The fraction of sp³-hybridized carbons (Fsp3) is 0.300. The zero-order valence-corrected chi connectivity index (χ0v) is 9.33. The van der Waals surface area contributed by atoms with Crippen molar-refractivity contribution in [3.8, 4) is 0 Å². The first-order valence-corrected chi connectivity index (χ1v) is 6.55. The number of nitrogens with zero attached hydrogens (tertiary/aromatic N) is 1. The third-order valence-electron chi connectivity index (χ3n) is 2.46. The van der Waals surface area contributed by atoms with Crippen LogP contribution in [-0.2, 0) is 9.40 Å². The van der Waals surface area contributed by atoms with E-state index < -0.39 is 19.4 Å². The Balaban J connectivity index is 2.32. The smallest absolute Gasteiger partial charge is 0.336 e. The molecular formula is C10H12NO4P. The van der Waals surface area contributed by atoms with Crippen LogP contribution in [0.15, 0.2) is 35.5 Å². The Labute approximate surface area is 92.9 Å². The predicted octanol–water partition coefficient (Wildman–Crippen LogP) is 1.68. The average Bonchev–Trinajstić information content (AvgIpc) is 2.71. The molecule has 0 spiro atoms. The molecule has 1 aliphatic heterocycles. The quantitative estimate of drug-likeness (QED) is 0.789. The summed E-state index contributed by atoms with van der Waals surface area (Å²) in [4.78, 5) is 23.7. The van der Waals surface area contributed by atoms with Gasteiger partial charge in [-0.1, -0.05) is 35.5 Å². The third kappa shape index (κ3) is 2.32. The highest BCUT2D eigenvalue weighted by atomic mass is 31.2. The highest BCUT2D eigenvalue weighted by Gasteiger charge is 2.40. The summed E-state index contributed by atoms with van der Waals surface area (Å²) in [7, 11) is -4.25. The minimum atomic E-state index is -4.25. The monoisotopic (exact) mass is 241 g/mol. The number of hydrogen-bond acceptors (Lipinski definition) is 3. The van der Waals surface area contributed by atoms with Gasteiger partial charge in [0, 0.05) is 12.6 Å². The van der Waals surface area contributed by atoms with E-state index in [-0.39, 0.29) is 0 Å². The molecule has 86 valence electrons. The topological polar surface area (TPSA) is 79.1 Å². The highest BCUT2D eigenvalue weighted by molar-refractivity contribution is 7.52. The molecule has 2 unspecified atom stereocenters. The van der Waals surface area contributed by atoms with Gasteiger partial charge in [-0.05, 0) is 5.56 Å². The molecule has 5 nitrogen and oxygen atoms in total. The van der Waals surface area contributed by atoms with E-state index in [9.17, 15) is 14.4 Å². The molecule has 0 fully saturated rings. The largest absolute Gasteiger partial charge is 0.391 e. The van der Waals surface area contributed by atoms with Gasteiger partial charge in [-0.2, -0.15) is 0 Å². The molecular weight excluding hydrogens is 229 g/mol. The number of hydrogen-bond donors (Lipinski definition) is 2. The molecule has 16 heavy (non-hydrogen) atoms. The summed E-state index contributed by atoms with van der Waals surface area (Å²) < 4.78 is 11.5. The average molecular weight is 241 g/mol. The zero-order chi connectivity index (χ0) is 11.6. The van der Waals surface area contributed by atoms with Crippen molar-refractivity contribution in [2.45, 2.75) is 18.2 Å². The van der Waals surface area contributed by atoms with Crippen LogP contribution in [0.5, 0.6) is 0 Å². The SMILES string of the molecule is O=P(O)(O)C(c1ccccc1)C1CC=NO1. The number of rotatable bonds is 3. The second-order valence-electron chi connectivity index (χ2n) is 3.61. The summed E-state index contributed by atoms with van der Waals surface area (Å²) in [6.45, 7) is 0. The lowest BCUT2D eigenvalue weighted by molar-refractivity contribution is 0.0758. The number of benzene rings is 1. The van der Waals surface area contributed by atoms with E-state index in [1.807, 2.05) is 0 Å². The predicted molar refractivity (Wildman–Crippen MR) is 59.2 cm³/mol. The molecule has 0 amide bonds. The standard InChI is InChI=1S/C10H12NO4P/c12-16(13,14)10(9-6-7-11-15-9)8-4-2-1-3-5-8/h1-5,7,9-10H,6H2,(H2,12,13,14). The molecule has 1 heterocycles. The Bertz CT molecular complexity index is 420. The van der Waals surface area contributed by atoms with Gasteiger partial charge in [0.25, 0.3) is 0 Å². The Morgan fingerprint density at radius 3 is 2.56 bits per heavy atom. The van der Waals surface area contributed by atoms with Crippen LogP contribution in [0.1, 0.15) is 17.6 Å². The molecule has 1 aromatic carbocycles. The maximum absolute atomic E-state index is 11.5. The van der Waals surface area contributed by atoms with Crippen molar-refractivity contribution in [2.24, 2.45) is 5.16 Å². The summed E-state index contributed by atoms with van der Waals surface area (Å²) in [5, 5.41) is 3.56. The van der Waals surface area contributed by atoms with Crippen molar-refractivity contribution in [1.82, 2.24) is 0 Å². The first kappa shape index (κ1) is 11.3. The first-order valence-electron chi connectivity index (χ1n) is 4.87. The lowest BCUT2D eigenvalue weighted by Crippen LogP contribution is -2.18. The maximum atomic E-state index is 11.5. The molecule has 0 radical (unpaired) electrons. The normalized spacial score (nSPS) is 21.8. The molecule has 1 aliphatic rings. The third-order valence-corrected chi connectivity index (χ3v) is 3.82. The van der Waals surface area contributed by atoms with Crippen LogP contribution in [0.25, 0.3) is 0 Å². The van der Waals surface area contributed by atoms with E-state index in [4.69, 9.17) is 4.84 Å². The van der Waals surface area contributed by atoms with E-state index in [2.05, 4.69) is 5.16 Å². The van der Waals surface area contributed by atoms with Crippen LogP contribution in [0.3, 0.4) is 0 Å². The zero-order valence-electron chi connectivity index (χ0n) is 8.43. The van der Waals surface area contributed by atoms with Gasteiger partial charge < -0.3 is 14.6 Å². The van der Waals surface area contributed by atoms with E-state index in [1.54, 1.807) is 30.3 Å². The second-order valence-corrected chi connectivity index (χ2v) is 5.35. The molecule has 0 aliphatic carbocycles. The Morgan fingerprint density at radius 1 is 1.38 bits per heavy atom. The summed E-state index contributed by atoms with van der Waals surface area (Å²) in [5.74, 6) is 0. The highest BCUT2D eigenvalue weighted by Crippen LogP contribution is 2.55. The summed E-state index contributed by atoms with van der Waals surface area (Å²) in [5.41, 5.74) is -0.373. The molecule has 0 saturated heterocycles. The fourth-order valence-corrected chi connectivity index (χ4v) is 2.94. The van der Waals surface area contributed by atoms with E-state index >= 15 is 0 Å². The van der Waals surface area contributed by atoms with Gasteiger partial charge in [0.1, 0.15) is 5.66 Å². The van der Waals surface area contributed by atoms with E-state index in [0.717, 1.165) is 0 Å². The van der Waals surface area contributed by atoms with Gasteiger partial charge in [-0.15, -0.1) is 0 Å². The molecule has 1 aromatic rings. The van der Waals surface area contributed by atoms with Gasteiger partial charge in [0.2, 0.25) is 0 Å². The summed E-state index contributed by atoms with van der Waals surface area (Å²) >= 11 is 0. The minimum absolute atomic E-state index is 0.421. The van der Waals surface area contributed by atoms with Gasteiger partial charge in [-0.25, -0.2) is 0 Å². The number of oxime groups is 1. The Kier molecular flexibility index (Phi) is 3.10. The Hall–Kier alpha value is -1.16. The van der Waals surface area contributed by atoms with Crippen molar-refractivity contribution in [3.05, 3.63) is 35.9 Å². The van der Waals surface area contributed by atoms with Crippen molar-refractivity contribution in [3.63, 3.8) is 0 Å². The van der Waals surface area contributed by atoms with Crippen LogP contribution < -0.4 is 0 Å². The summed E-state index contributed by atoms with van der Waals surface area (Å²) in [6.07, 6.45) is 1.37. The molecule has 2 atom stereocenters. The first-order chi connectivity index (χ1) is 7.59. The molecule has 2 N–H and O–H groups in total. The summed E-state index contributed by atoms with van der Waals surface area (Å²) in [6, 6.07) is 8.66. The van der Waals surface area contributed by atoms with Gasteiger partial charge in [0.05, 0.1) is 0 Å². The second kappa shape index (κ2) is 4.37. The Morgan fingerprint density at radius 2 is 2.06 bits per heavy atom. The van der Waals surface area contributed by atoms with Gasteiger partial charge in [-0.3, -0.25) is 4.57 Å². The lowest BCUT2D eigenvalue weighted by atomic mass is 10.1. The van der Waals surface area contributed by atoms with Crippen molar-refractivity contribution >= 4 is 13.8 Å². The van der Waals surface area contributed by atoms with E-state index in [0.29, 0.717) is 12.0 Å². The van der Waals surface area contributed by atoms with Crippen molar-refractivity contribution in [2.75, 3.05) is 0 Å². The van der Waals surface area contributed by atoms with Gasteiger partial charge >= 0.3 is 7.60 Å². The van der Waals surface area contributed by atoms with Crippen LogP contribution in [0, 0.1) is 0 Å². The molecule has 2 rings (SSSR count). The maximum Gasteiger partial charge on any atom is 0.336 e. The van der Waals surface area contributed by atoms with Crippen LogP contribution in [-0.4, -0.2) is 22.1 Å². The fourth-order valence-electron chi connectivity index (χ4n) is 1.77. The van der Waals surface area contributed by atoms with Crippen LogP contribution >= 0.6 is 7.60 Å². The van der Waals surface area contributed by atoms with Gasteiger partial charge in [0.15, 0.2) is 6.10 Å².